The summed E-state index contributed by atoms with van der Waals surface area (Å²) in [6, 6.07) is 6.02. The zero-order valence-corrected chi connectivity index (χ0v) is 13.7. The molecule has 0 bridgehead atoms. The van der Waals surface area contributed by atoms with Gasteiger partial charge in [-0.1, -0.05) is 26.0 Å². The van der Waals surface area contributed by atoms with Gasteiger partial charge in [0.15, 0.2) is 5.82 Å². The molecular weight excluding hydrogens is 295 g/mol. The minimum Gasteiger partial charge on any atom is -0.329 e. The van der Waals surface area contributed by atoms with Crippen LogP contribution in [0.5, 0.6) is 0 Å². The quantitative estimate of drug-likeness (QED) is 0.871. The summed E-state index contributed by atoms with van der Waals surface area (Å²) in [7, 11) is 0. The molecule has 0 N–H and O–H groups in total. The van der Waals surface area contributed by atoms with Crippen LogP contribution in [0.1, 0.15) is 44.0 Å². The monoisotopic (exact) mass is 316 g/mol. The predicted molar refractivity (Wildman–Crippen MR) is 83.9 cm³/mol. The Kier molecular flexibility index (Phi) is 4.15. The molecule has 1 aromatic carbocycles. The summed E-state index contributed by atoms with van der Waals surface area (Å²) in [5, 5.41) is 8.50. The van der Waals surface area contributed by atoms with Crippen molar-refractivity contribution >= 4 is 5.91 Å². The number of benzene rings is 1. The van der Waals surface area contributed by atoms with Crippen LogP contribution in [0.3, 0.4) is 0 Å². The molecule has 2 aromatic rings. The molecule has 3 rings (SSSR count). The Morgan fingerprint density at radius 1 is 1.35 bits per heavy atom. The SMILES string of the molecule is CC(C)Cc1nnc2n1[C@@H](C)C(=O)N(Cc1cccc(F)c1)C2. The summed E-state index contributed by atoms with van der Waals surface area (Å²) in [4.78, 5) is 14.4. The van der Waals surface area contributed by atoms with Crippen LogP contribution in [0, 0.1) is 11.7 Å². The van der Waals surface area contributed by atoms with E-state index in [9.17, 15) is 9.18 Å². The molecule has 1 aromatic heterocycles. The molecule has 6 heteroatoms. The second kappa shape index (κ2) is 6.10. The Balaban J connectivity index is 1.84. The summed E-state index contributed by atoms with van der Waals surface area (Å²) in [5.41, 5.74) is 0.779. The lowest BCUT2D eigenvalue weighted by Crippen LogP contribution is -2.41. The van der Waals surface area contributed by atoms with Crippen molar-refractivity contribution in [2.75, 3.05) is 0 Å². The average molecular weight is 316 g/mol. The van der Waals surface area contributed by atoms with E-state index in [0.717, 1.165) is 23.6 Å². The summed E-state index contributed by atoms with van der Waals surface area (Å²) in [6.07, 6.45) is 0.800. The van der Waals surface area contributed by atoms with Gasteiger partial charge in [0.2, 0.25) is 5.91 Å². The third kappa shape index (κ3) is 3.11. The van der Waals surface area contributed by atoms with Gasteiger partial charge in [-0.25, -0.2) is 4.39 Å². The highest BCUT2D eigenvalue weighted by molar-refractivity contribution is 5.81. The molecule has 0 spiro atoms. The predicted octanol–water partition coefficient (Wildman–Crippen LogP) is 2.72. The van der Waals surface area contributed by atoms with Gasteiger partial charge in [-0.15, -0.1) is 10.2 Å². The number of halogens is 1. The third-order valence-electron chi connectivity index (χ3n) is 4.08. The van der Waals surface area contributed by atoms with Crippen LogP contribution in [0.4, 0.5) is 4.39 Å². The minimum atomic E-state index is -0.323. The minimum absolute atomic E-state index is 0.0200. The maximum Gasteiger partial charge on any atom is 0.246 e. The van der Waals surface area contributed by atoms with Crippen LogP contribution >= 0.6 is 0 Å². The van der Waals surface area contributed by atoms with Gasteiger partial charge in [0, 0.05) is 13.0 Å². The van der Waals surface area contributed by atoms with Crippen molar-refractivity contribution in [3.8, 4) is 0 Å². The lowest BCUT2D eigenvalue weighted by molar-refractivity contribution is -0.137. The van der Waals surface area contributed by atoms with Crippen molar-refractivity contribution in [3.63, 3.8) is 0 Å². The third-order valence-corrected chi connectivity index (χ3v) is 4.08. The van der Waals surface area contributed by atoms with E-state index in [2.05, 4.69) is 24.0 Å². The van der Waals surface area contributed by atoms with Gasteiger partial charge in [-0.3, -0.25) is 4.79 Å². The molecule has 0 unspecified atom stereocenters. The summed E-state index contributed by atoms with van der Waals surface area (Å²) < 4.78 is 15.3. The Morgan fingerprint density at radius 3 is 2.83 bits per heavy atom. The standard InChI is InChI=1S/C17H21FN4O/c1-11(2)7-15-19-20-16-10-21(17(23)12(3)22(15)16)9-13-5-4-6-14(18)8-13/h4-6,8,11-12H,7,9-10H2,1-3H3/t12-/m0/s1. The lowest BCUT2D eigenvalue weighted by Gasteiger charge is -2.32. The van der Waals surface area contributed by atoms with Crippen LogP contribution in [0.2, 0.25) is 0 Å². The molecule has 1 aliphatic rings. The molecule has 2 heterocycles. The van der Waals surface area contributed by atoms with E-state index < -0.39 is 0 Å². The first-order chi connectivity index (χ1) is 11.0. The van der Waals surface area contributed by atoms with E-state index >= 15 is 0 Å². The second-order valence-electron chi connectivity index (χ2n) is 6.50. The maximum atomic E-state index is 13.3. The molecule has 122 valence electrons. The topological polar surface area (TPSA) is 51.0 Å². The van der Waals surface area contributed by atoms with Crippen molar-refractivity contribution in [2.45, 2.75) is 46.3 Å². The van der Waals surface area contributed by atoms with E-state index in [-0.39, 0.29) is 17.8 Å². The van der Waals surface area contributed by atoms with Crippen molar-refractivity contribution in [3.05, 3.63) is 47.3 Å². The lowest BCUT2D eigenvalue weighted by atomic mass is 10.1. The largest absolute Gasteiger partial charge is 0.329 e. The number of carbonyl (C=O) groups excluding carboxylic acids is 1. The molecule has 1 atom stereocenters. The number of hydrogen-bond donors (Lipinski definition) is 0. The Labute approximate surface area is 135 Å². The van der Waals surface area contributed by atoms with Crippen molar-refractivity contribution in [1.29, 1.82) is 0 Å². The first-order valence-corrected chi connectivity index (χ1v) is 7.91. The molecule has 0 fully saturated rings. The summed E-state index contributed by atoms with van der Waals surface area (Å²) >= 11 is 0. The number of nitrogens with zero attached hydrogens (tertiary/aromatic N) is 4. The summed E-state index contributed by atoms with van der Waals surface area (Å²) in [6.45, 7) is 6.90. The highest BCUT2D eigenvalue weighted by atomic mass is 19.1. The normalized spacial score (nSPS) is 17.7. The highest BCUT2D eigenvalue weighted by Crippen LogP contribution is 2.25. The molecule has 0 saturated carbocycles. The fourth-order valence-corrected chi connectivity index (χ4v) is 3.03. The first-order valence-electron chi connectivity index (χ1n) is 7.91. The van der Waals surface area contributed by atoms with Gasteiger partial charge >= 0.3 is 0 Å². The second-order valence-corrected chi connectivity index (χ2v) is 6.50. The Bertz CT molecular complexity index is 725. The van der Waals surface area contributed by atoms with E-state index in [0.29, 0.717) is 19.0 Å². The summed E-state index contributed by atoms with van der Waals surface area (Å²) in [5.74, 6) is 1.84. The van der Waals surface area contributed by atoms with Gasteiger partial charge in [0.05, 0.1) is 6.54 Å². The molecule has 5 nitrogen and oxygen atoms in total. The van der Waals surface area contributed by atoms with Gasteiger partial charge < -0.3 is 9.47 Å². The van der Waals surface area contributed by atoms with Gasteiger partial charge in [0.25, 0.3) is 0 Å². The highest BCUT2D eigenvalue weighted by Gasteiger charge is 2.33. The van der Waals surface area contributed by atoms with Gasteiger partial charge in [-0.05, 0) is 30.5 Å². The van der Waals surface area contributed by atoms with Gasteiger partial charge in [0.1, 0.15) is 17.7 Å². The molecular formula is C17H21FN4O. The fraction of sp³-hybridized carbons (Fsp3) is 0.471. The number of aromatic nitrogens is 3. The Morgan fingerprint density at radius 2 is 2.13 bits per heavy atom. The first kappa shape index (κ1) is 15.6. The number of rotatable bonds is 4. The molecule has 0 aliphatic carbocycles. The van der Waals surface area contributed by atoms with Crippen LogP contribution < -0.4 is 0 Å². The van der Waals surface area contributed by atoms with Crippen LogP contribution in [-0.4, -0.2) is 25.6 Å². The van der Waals surface area contributed by atoms with Crippen LogP contribution in [-0.2, 0) is 24.3 Å². The zero-order valence-electron chi connectivity index (χ0n) is 13.7. The number of amides is 1. The molecule has 1 aliphatic heterocycles. The van der Waals surface area contributed by atoms with E-state index in [1.54, 1.807) is 11.0 Å². The molecule has 0 saturated heterocycles. The molecule has 23 heavy (non-hydrogen) atoms. The number of fused-ring (bicyclic) bond motifs is 1. The van der Waals surface area contributed by atoms with Crippen molar-refractivity contribution in [1.82, 2.24) is 19.7 Å². The maximum absolute atomic E-state index is 13.3. The van der Waals surface area contributed by atoms with E-state index in [4.69, 9.17) is 0 Å². The van der Waals surface area contributed by atoms with Crippen LogP contribution in [0.15, 0.2) is 24.3 Å². The number of hydrogen-bond acceptors (Lipinski definition) is 3. The smallest absolute Gasteiger partial charge is 0.246 e. The van der Waals surface area contributed by atoms with E-state index in [1.165, 1.54) is 12.1 Å². The van der Waals surface area contributed by atoms with E-state index in [1.807, 2.05) is 17.6 Å². The fourth-order valence-electron chi connectivity index (χ4n) is 3.03. The molecule has 1 amide bonds. The average Bonchev–Trinajstić information content (AvgIpc) is 2.86. The molecule has 0 radical (unpaired) electrons. The number of carbonyl (C=O) groups is 1. The zero-order chi connectivity index (χ0) is 16.6. The van der Waals surface area contributed by atoms with Crippen LogP contribution in [0.25, 0.3) is 0 Å². The van der Waals surface area contributed by atoms with Crippen molar-refractivity contribution in [2.24, 2.45) is 5.92 Å². The van der Waals surface area contributed by atoms with Gasteiger partial charge in [-0.2, -0.15) is 0 Å². The Hall–Kier alpha value is -2.24. The van der Waals surface area contributed by atoms with Crippen molar-refractivity contribution < 1.29 is 9.18 Å².